The molecule has 2 aromatic carbocycles. The Morgan fingerprint density at radius 2 is 1.65 bits per heavy atom. The molecule has 1 aliphatic rings. The Bertz CT molecular complexity index is 725. The lowest BCUT2D eigenvalue weighted by molar-refractivity contribution is 0.0617. The molecule has 26 heavy (non-hydrogen) atoms. The average Bonchev–Trinajstić information content (AvgIpc) is 2.69. The fourth-order valence-corrected chi connectivity index (χ4v) is 2.96. The van der Waals surface area contributed by atoms with E-state index in [0.29, 0.717) is 25.3 Å². The molecule has 1 N–H and O–H groups in total. The van der Waals surface area contributed by atoms with Gasteiger partial charge in [-0.05, 0) is 36.4 Å². The highest BCUT2D eigenvalue weighted by Gasteiger charge is 2.23. The number of phenols is 1. The van der Waals surface area contributed by atoms with Crippen molar-refractivity contribution in [3.05, 3.63) is 54.1 Å². The van der Waals surface area contributed by atoms with Gasteiger partial charge in [-0.25, -0.2) is 0 Å². The predicted molar refractivity (Wildman–Crippen MR) is 98.9 cm³/mol. The highest BCUT2D eigenvalue weighted by molar-refractivity contribution is 5.96. The standard InChI is InChI=1S/C20H24N2O4/c1-25-16-6-8-17(9-7-16)26-15-14-21-10-12-22(13-11-21)20(24)18-4-2-3-5-19(18)23/h2-9,23H,10-15H2,1H3. The van der Waals surface area contributed by atoms with Crippen LogP contribution in [0.2, 0.25) is 0 Å². The van der Waals surface area contributed by atoms with Crippen LogP contribution < -0.4 is 9.47 Å². The number of hydrogen-bond donors (Lipinski definition) is 1. The molecule has 3 rings (SSSR count). The predicted octanol–water partition coefficient (Wildman–Crippen LogP) is 2.24. The van der Waals surface area contributed by atoms with Crippen LogP contribution in [0.25, 0.3) is 0 Å². The molecule has 1 fully saturated rings. The van der Waals surface area contributed by atoms with Crippen LogP contribution in [0.4, 0.5) is 0 Å². The Hall–Kier alpha value is -2.73. The van der Waals surface area contributed by atoms with Crippen molar-refractivity contribution in [3.8, 4) is 17.2 Å². The van der Waals surface area contributed by atoms with E-state index in [0.717, 1.165) is 31.1 Å². The van der Waals surface area contributed by atoms with Gasteiger partial charge in [0.15, 0.2) is 0 Å². The number of phenolic OH excluding ortho intramolecular Hbond substituents is 1. The third kappa shape index (κ3) is 4.46. The van der Waals surface area contributed by atoms with Crippen LogP contribution in [0.15, 0.2) is 48.5 Å². The molecule has 6 heteroatoms. The van der Waals surface area contributed by atoms with Crippen LogP contribution in [0.5, 0.6) is 17.2 Å². The van der Waals surface area contributed by atoms with Gasteiger partial charge in [0.25, 0.3) is 5.91 Å². The van der Waals surface area contributed by atoms with Gasteiger partial charge >= 0.3 is 0 Å². The number of aromatic hydroxyl groups is 1. The SMILES string of the molecule is COc1ccc(OCCN2CCN(C(=O)c3ccccc3O)CC2)cc1. The maximum Gasteiger partial charge on any atom is 0.257 e. The second-order valence-corrected chi connectivity index (χ2v) is 6.17. The van der Waals surface area contributed by atoms with E-state index in [1.54, 1.807) is 36.3 Å². The number of methoxy groups -OCH3 is 1. The molecule has 0 unspecified atom stereocenters. The lowest BCUT2D eigenvalue weighted by atomic mass is 10.1. The molecular weight excluding hydrogens is 332 g/mol. The normalized spacial score (nSPS) is 14.9. The Labute approximate surface area is 153 Å². The number of nitrogens with zero attached hydrogens (tertiary/aromatic N) is 2. The van der Waals surface area contributed by atoms with Crippen molar-refractivity contribution < 1.29 is 19.4 Å². The minimum absolute atomic E-state index is 0.0350. The zero-order chi connectivity index (χ0) is 18.4. The van der Waals surface area contributed by atoms with Gasteiger partial charge in [0.2, 0.25) is 0 Å². The van der Waals surface area contributed by atoms with Crippen LogP contribution in [0.1, 0.15) is 10.4 Å². The summed E-state index contributed by atoms with van der Waals surface area (Å²) in [6, 6.07) is 14.2. The fourth-order valence-electron chi connectivity index (χ4n) is 2.96. The van der Waals surface area contributed by atoms with E-state index < -0.39 is 0 Å². The lowest BCUT2D eigenvalue weighted by Crippen LogP contribution is -2.49. The summed E-state index contributed by atoms with van der Waals surface area (Å²) >= 11 is 0. The number of ether oxygens (including phenoxy) is 2. The first-order valence-corrected chi connectivity index (χ1v) is 8.74. The molecule has 0 atom stereocenters. The van der Waals surface area contributed by atoms with E-state index in [1.807, 2.05) is 24.3 Å². The first-order chi connectivity index (χ1) is 12.7. The van der Waals surface area contributed by atoms with Crippen molar-refractivity contribution in [1.82, 2.24) is 9.80 Å². The fraction of sp³-hybridized carbons (Fsp3) is 0.350. The van der Waals surface area contributed by atoms with Crippen molar-refractivity contribution in [2.45, 2.75) is 0 Å². The molecule has 0 spiro atoms. The number of piperazine rings is 1. The molecule has 1 heterocycles. The highest BCUT2D eigenvalue weighted by atomic mass is 16.5. The van der Waals surface area contributed by atoms with Gasteiger partial charge in [0.05, 0.1) is 12.7 Å². The summed E-state index contributed by atoms with van der Waals surface area (Å²) in [4.78, 5) is 16.6. The molecule has 0 radical (unpaired) electrons. The summed E-state index contributed by atoms with van der Waals surface area (Å²) < 4.78 is 10.9. The molecule has 1 amide bonds. The lowest BCUT2D eigenvalue weighted by Gasteiger charge is -2.34. The maximum atomic E-state index is 12.5. The van der Waals surface area contributed by atoms with Crippen molar-refractivity contribution in [2.75, 3.05) is 46.4 Å². The van der Waals surface area contributed by atoms with Gasteiger partial charge in [-0.1, -0.05) is 12.1 Å². The van der Waals surface area contributed by atoms with E-state index in [2.05, 4.69) is 4.90 Å². The molecule has 138 valence electrons. The molecular formula is C20H24N2O4. The molecule has 2 aromatic rings. The smallest absolute Gasteiger partial charge is 0.257 e. The third-order valence-corrected chi connectivity index (χ3v) is 4.53. The Morgan fingerprint density at radius 1 is 1.00 bits per heavy atom. The minimum Gasteiger partial charge on any atom is -0.507 e. The van der Waals surface area contributed by atoms with Crippen molar-refractivity contribution in [1.29, 1.82) is 0 Å². The number of carbonyl (C=O) groups excluding carboxylic acids is 1. The van der Waals surface area contributed by atoms with E-state index in [4.69, 9.17) is 9.47 Å². The number of amides is 1. The van der Waals surface area contributed by atoms with Crippen LogP contribution in [0.3, 0.4) is 0 Å². The second kappa shape index (κ2) is 8.58. The highest BCUT2D eigenvalue weighted by Crippen LogP contribution is 2.19. The van der Waals surface area contributed by atoms with Crippen molar-refractivity contribution in [2.24, 2.45) is 0 Å². The van der Waals surface area contributed by atoms with Gasteiger partial charge in [0.1, 0.15) is 23.9 Å². The van der Waals surface area contributed by atoms with E-state index in [9.17, 15) is 9.90 Å². The number of rotatable bonds is 6. The Balaban J connectivity index is 1.42. The molecule has 0 saturated carbocycles. The molecule has 6 nitrogen and oxygen atoms in total. The summed E-state index contributed by atoms with van der Waals surface area (Å²) in [5.74, 6) is 1.55. The summed E-state index contributed by atoms with van der Waals surface area (Å²) in [5.41, 5.74) is 0.365. The van der Waals surface area contributed by atoms with Crippen LogP contribution in [0, 0.1) is 0 Å². The van der Waals surface area contributed by atoms with E-state index in [1.165, 1.54) is 0 Å². The number of para-hydroxylation sites is 1. The topological polar surface area (TPSA) is 62.2 Å². The molecule has 1 saturated heterocycles. The van der Waals surface area contributed by atoms with Gasteiger partial charge in [0, 0.05) is 32.7 Å². The minimum atomic E-state index is -0.114. The van der Waals surface area contributed by atoms with Gasteiger partial charge in [-0.15, -0.1) is 0 Å². The molecule has 0 aromatic heterocycles. The van der Waals surface area contributed by atoms with Crippen molar-refractivity contribution >= 4 is 5.91 Å². The van der Waals surface area contributed by atoms with Crippen LogP contribution >= 0.6 is 0 Å². The monoisotopic (exact) mass is 356 g/mol. The number of carbonyl (C=O) groups is 1. The molecule has 1 aliphatic heterocycles. The molecule has 0 bridgehead atoms. The largest absolute Gasteiger partial charge is 0.507 e. The Kier molecular flexibility index (Phi) is 5.96. The summed E-state index contributed by atoms with van der Waals surface area (Å²) in [6.07, 6.45) is 0. The first-order valence-electron chi connectivity index (χ1n) is 8.74. The Morgan fingerprint density at radius 3 is 2.31 bits per heavy atom. The quantitative estimate of drug-likeness (QED) is 0.860. The maximum absolute atomic E-state index is 12.5. The van der Waals surface area contributed by atoms with Crippen LogP contribution in [-0.2, 0) is 0 Å². The van der Waals surface area contributed by atoms with Gasteiger partial charge < -0.3 is 19.5 Å². The van der Waals surface area contributed by atoms with Gasteiger partial charge in [-0.3, -0.25) is 9.69 Å². The van der Waals surface area contributed by atoms with Crippen molar-refractivity contribution in [3.63, 3.8) is 0 Å². The summed E-state index contributed by atoms with van der Waals surface area (Å²) in [5, 5.41) is 9.84. The third-order valence-electron chi connectivity index (χ3n) is 4.53. The average molecular weight is 356 g/mol. The molecule has 0 aliphatic carbocycles. The summed E-state index contributed by atoms with van der Waals surface area (Å²) in [7, 11) is 1.64. The second-order valence-electron chi connectivity index (χ2n) is 6.17. The summed E-state index contributed by atoms with van der Waals surface area (Å²) in [6.45, 7) is 4.30. The van der Waals surface area contributed by atoms with E-state index >= 15 is 0 Å². The zero-order valence-corrected chi connectivity index (χ0v) is 14.9. The van der Waals surface area contributed by atoms with E-state index in [-0.39, 0.29) is 11.7 Å². The zero-order valence-electron chi connectivity index (χ0n) is 14.9. The van der Waals surface area contributed by atoms with Crippen LogP contribution in [-0.4, -0.2) is 67.3 Å². The van der Waals surface area contributed by atoms with Gasteiger partial charge in [-0.2, -0.15) is 0 Å². The number of hydrogen-bond acceptors (Lipinski definition) is 5. The first kappa shape index (κ1) is 18.1. The number of benzene rings is 2.